The standard InChI is InChI=1S/C18H26N4O2.ClH/c1-10(2)16-15-14(9-11(3)20-17(15)24-21-16)18(23)22-7-5-13(6-8-22)12(4)19;/h9-10,12-13H,5-8,19H2,1-4H3;1H. The summed E-state index contributed by atoms with van der Waals surface area (Å²) in [5.74, 6) is 0.708. The Hall–Kier alpha value is -1.66. The Morgan fingerprint density at radius 2 is 1.96 bits per heavy atom. The van der Waals surface area contributed by atoms with Gasteiger partial charge in [0.25, 0.3) is 11.6 Å². The summed E-state index contributed by atoms with van der Waals surface area (Å²) in [6.07, 6.45) is 1.91. The van der Waals surface area contributed by atoms with Gasteiger partial charge < -0.3 is 15.2 Å². The highest BCUT2D eigenvalue weighted by atomic mass is 35.5. The van der Waals surface area contributed by atoms with Gasteiger partial charge in [-0.2, -0.15) is 0 Å². The number of rotatable bonds is 3. The molecular formula is C18H27ClN4O2. The molecule has 0 saturated carbocycles. The third-order valence-electron chi connectivity index (χ3n) is 4.95. The van der Waals surface area contributed by atoms with Gasteiger partial charge >= 0.3 is 0 Å². The molecule has 2 N–H and O–H groups in total. The number of aryl methyl sites for hydroxylation is 1. The van der Waals surface area contributed by atoms with Crippen LogP contribution in [0.2, 0.25) is 0 Å². The number of aromatic nitrogens is 2. The number of piperidine rings is 1. The van der Waals surface area contributed by atoms with Crippen molar-refractivity contribution in [2.24, 2.45) is 11.7 Å². The van der Waals surface area contributed by atoms with Gasteiger partial charge in [-0.15, -0.1) is 12.4 Å². The van der Waals surface area contributed by atoms with Crippen LogP contribution in [-0.4, -0.2) is 40.1 Å². The quantitative estimate of drug-likeness (QED) is 0.900. The molecule has 1 atom stereocenters. The Balaban J connectivity index is 0.00000225. The van der Waals surface area contributed by atoms with Gasteiger partial charge in [0, 0.05) is 24.8 Å². The highest BCUT2D eigenvalue weighted by Gasteiger charge is 2.28. The molecule has 2 aromatic rings. The third kappa shape index (κ3) is 3.80. The Labute approximate surface area is 154 Å². The number of halogens is 1. The van der Waals surface area contributed by atoms with Crippen LogP contribution in [0.3, 0.4) is 0 Å². The van der Waals surface area contributed by atoms with Crippen molar-refractivity contribution in [3.05, 3.63) is 23.0 Å². The van der Waals surface area contributed by atoms with Crippen LogP contribution in [-0.2, 0) is 0 Å². The van der Waals surface area contributed by atoms with E-state index in [9.17, 15) is 4.79 Å². The fourth-order valence-electron chi connectivity index (χ4n) is 3.46. The minimum atomic E-state index is 0. The summed E-state index contributed by atoms with van der Waals surface area (Å²) in [4.78, 5) is 19.4. The van der Waals surface area contributed by atoms with E-state index in [-0.39, 0.29) is 30.3 Å². The number of nitrogens with two attached hydrogens (primary N) is 1. The molecule has 0 bridgehead atoms. The number of amides is 1. The second kappa shape index (κ2) is 7.70. The van der Waals surface area contributed by atoms with Crippen molar-refractivity contribution in [2.45, 2.75) is 52.5 Å². The zero-order valence-electron chi connectivity index (χ0n) is 15.3. The predicted octanol–water partition coefficient (Wildman–Crippen LogP) is 3.28. The number of hydrogen-bond donors (Lipinski definition) is 1. The van der Waals surface area contributed by atoms with Crippen molar-refractivity contribution >= 4 is 29.4 Å². The van der Waals surface area contributed by atoms with E-state index in [0.717, 1.165) is 42.7 Å². The highest BCUT2D eigenvalue weighted by Crippen LogP contribution is 2.29. The van der Waals surface area contributed by atoms with Crippen LogP contribution >= 0.6 is 12.4 Å². The maximum Gasteiger partial charge on any atom is 0.259 e. The minimum Gasteiger partial charge on any atom is -0.339 e. The summed E-state index contributed by atoms with van der Waals surface area (Å²) in [7, 11) is 0. The van der Waals surface area contributed by atoms with E-state index in [2.05, 4.69) is 10.1 Å². The molecule has 3 heterocycles. The maximum atomic E-state index is 13.1. The number of carbonyl (C=O) groups excluding carboxylic acids is 1. The van der Waals surface area contributed by atoms with Crippen molar-refractivity contribution in [3.63, 3.8) is 0 Å². The van der Waals surface area contributed by atoms with Gasteiger partial charge in [-0.05, 0) is 44.6 Å². The molecule has 0 radical (unpaired) electrons. The van der Waals surface area contributed by atoms with Gasteiger partial charge in [0.15, 0.2) is 0 Å². The SMILES string of the molecule is Cc1cc(C(=O)N2CCC(C(C)N)CC2)c2c(C(C)C)noc2n1.Cl. The van der Waals surface area contributed by atoms with Gasteiger partial charge in [-0.25, -0.2) is 4.98 Å². The molecule has 1 aliphatic rings. The van der Waals surface area contributed by atoms with E-state index in [0.29, 0.717) is 17.2 Å². The smallest absolute Gasteiger partial charge is 0.259 e. The molecule has 138 valence electrons. The van der Waals surface area contributed by atoms with E-state index in [1.54, 1.807) is 0 Å². The Morgan fingerprint density at radius 3 is 2.52 bits per heavy atom. The first-order chi connectivity index (χ1) is 11.4. The first-order valence-corrected chi connectivity index (χ1v) is 8.70. The van der Waals surface area contributed by atoms with Gasteiger partial charge in [-0.3, -0.25) is 4.79 Å². The van der Waals surface area contributed by atoms with Crippen LogP contribution in [0.5, 0.6) is 0 Å². The number of carbonyl (C=O) groups is 1. The molecule has 0 aromatic carbocycles. The highest BCUT2D eigenvalue weighted by molar-refractivity contribution is 6.06. The lowest BCUT2D eigenvalue weighted by molar-refractivity contribution is 0.0682. The van der Waals surface area contributed by atoms with Crippen molar-refractivity contribution in [3.8, 4) is 0 Å². The number of pyridine rings is 1. The van der Waals surface area contributed by atoms with Crippen molar-refractivity contribution in [1.82, 2.24) is 15.0 Å². The molecule has 0 aliphatic carbocycles. The first kappa shape index (κ1) is 19.7. The van der Waals surface area contributed by atoms with Crippen molar-refractivity contribution in [1.29, 1.82) is 0 Å². The Morgan fingerprint density at radius 1 is 1.32 bits per heavy atom. The molecular weight excluding hydrogens is 340 g/mol. The van der Waals surface area contributed by atoms with Crippen LogP contribution in [0.15, 0.2) is 10.6 Å². The minimum absolute atomic E-state index is 0. The monoisotopic (exact) mass is 366 g/mol. The van der Waals surface area contributed by atoms with Gasteiger partial charge in [0.1, 0.15) is 0 Å². The zero-order valence-corrected chi connectivity index (χ0v) is 16.1. The lowest BCUT2D eigenvalue weighted by atomic mass is 9.90. The van der Waals surface area contributed by atoms with E-state index < -0.39 is 0 Å². The second-order valence-electron chi connectivity index (χ2n) is 7.20. The summed E-state index contributed by atoms with van der Waals surface area (Å²) in [5.41, 5.74) is 8.67. The molecule has 3 rings (SSSR count). The molecule has 1 aliphatic heterocycles. The molecule has 7 heteroatoms. The lowest BCUT2D eigenvalue weighted by Gasteiger charge is -2.33. The summed E-state index contributed by atoms with van der Waals surface area (Å²) in [6, 6.07) is 2.04. The molecule has 1 fully saturated rings. The largest absolute Gasteiger partial charge is 0.339 e. The summed E-state index contributed by atoms with van der Waals surface area (Å²) in [6.45, 7) is 9.49. The molecule has 0 spiro atoms. The Bertz CT molecular complexity index is 749. The molecule has 1 amide bonds. The van der Waals surface area contributed by atoms with Crippen molar-refractivity contribution < 1.29 is 9.32 Å². The summed E-state index contributed by atoms with van der Waals surface area (Å²) in [5, 5.41) is 4.89. The van der Waals surface area contributed by atoms with E-state index >= 15 is 0 Å². The summed E-state index contributed by atoms with van der Waals surface area (Å²) < 4.78 is 5.37. The van der Waals surface area contributed by atoms with E-state index in [1.165, 1.54) is 0 Å². The van der Waals surface area contributed by atoms with Crippen LogP contribution in [0.25, 0.3) is 11.1 Å². The predicted molar refractivity (Wildman–Crippen MR) is 100 cm³/mol. The fourth-order valence-corrected chi connectivity index (χ4v) is 3.46. The van der Waals surface area contributed by atoms with Crippen LogP contribution in [0.4, 0.5) is 0 Å². The van der Waals surface area contributed by atoms with Gasteiger partial charge in [0.2, 0.25) is 0 Å². The first-order valence-electron chi connectivity index (χ1n) is 8.70. The number of fused-ring (bicyclic) bond motifs is 1. The fraction of sp³-hybridized carbons (Fsp3) is 0.611. The number of nitrogens with zero attached hydrogens (tertiary/aromatic N) is 3. The molecule has 25 heavy (non-hydrogen) atoms. The lowest BCUT2D eigenvalue weighted by Crippen LogP contribution is -2.42. The molecule has 1 unspecified atom stereocenters. The third-order valence-corrected chi connectivity index (χ3v) is 4.95. The maximum absolute atomic E-state index is 13.1. The van der Waals surface area contributed by atoms with E-state index in [1.807, 2.05) is 38.7 Å². The summed E-state index contributed by atoms with van der Waals surface area (Å²) >= 11 is 0. The normalized spacial score (nSPS) is 17.0. The topological polar surface area (TPSA) is 85.2 Å². The molecule has 2 aromatic heterocycles. The average molecular weight is 367 g/mol. The van der Waals surface area contributed by atoms with Crippen LogP contribution in [0, 0.1) is 12.8 Å². The van der Waals surface area contributed by atoms with Crippen LogP contribution in [0.1, 0.15) is 61.3 Å². The Kier molecular flexibility index (Phi) is 6.06. The van der Waals surface area contributed by atoms with Gasteiger partial charge in [-0.1, -0.05) is 19.0 Å². The molecule has 1 saturated heterocycles. The van der Waals surface area contributed by atoms with Crippen LogP contribution < -0.4 is 5.73 Å². The second-order valence-corrected chi connectivity index (χ2v) is 7.20. The molecule has 6 nitrogen and oxygen atoms in total. The number of hydrogen-bond acceptors (Lipinski definition) is 5. The zero-order chi connectivity index (χ0) is 17.4. The van der Waals surface area contributed by atoms with Gasteiger partial charge in [0.05, 0.1) is 16.6 Å². The van der Waals surface area contributed by atoms with Crippen molar-refractivity contribution in [2.75, 3.05) is 13.1 Å². The average Bonchev–Trinajstić information content (AvgIpc) is 2.97. The van der Waals surface area contributed by atoms with E-state index in [4.69, 9.17) is 10.3 Å². The number of likely N-dealkylation sites (tertiary alicyclic amines) is 1.